The van der Waals surface area contributed by atoms with Gasteiger partial charge < -0.3 is 10.2 Å². The first-order valence-electron chi connectivity index (χ1n) is 6.04. The highest BCUT2D eigenvalue weighted by Crippen LogP contribution is 2.52. The van der Waals surface area contributed by atoms with Crippen molar-refractivity contribution < 1.29 is 10.2 Å². The van der Waals surface area contributed by atoms with Gasteiger partial charge in [-0.1, -0.05) is 5.92 Å². The van der Waals surface area contributed by atoms with E-state index in [-0.39, 0.29) is 31.2 Å². The maximum absolute atomic E-state index is 11.7. The number of aromatic nitrogens is 2. The fourth-order valence-corrected chi connectivity index (χ4v) is 2.32. The molecule has 3 N–H and O–H groups in total. The van der Waals surface area contributed by atoms with Gasteiger partial charge in [-0.3, -0.25) is 14.3 Å². The monoisotopic (exact) mass is 264 g/mol. The second-order valence-electron chi connectivity index (χ2n) is 4.91. The summed E-state index contributed by atoms with van der Waals surface area (Å²) >= 11 is 0. The van der Waals surface area contributed by atoms with Crippen molar-refractivity contribution in [1.82, 2.24) is 9.55 Å². The molecule has 0 saturated heterocycles. The highest BCUT2D eigenvalue weighted by Gasteiger charge is 2.53. The Labute approximate surface area is 109 Å². The number of nitrogens with one attached hydrogen (secondary N) is 1. The highest BCUT2D eigenvalue weighted by molar-refractivity contribution is 5.28. The first-order valence-corrected chi connectivity index (χ1v) is 6.04. The van der Waals surface area contributed by atoms with Crippen LogP contribution in [0.4, 0.5) is 0 Å². The van der Waals surface area contributed by atoms with E-state index in [1.807, 2.05) is 0 Å². The fraction of sp³-hybridized carbons (Fsp3) is 0.538. The van der Waals surface area contributed by atoms with Gasteiger partial charge in [0.25, 0.3) is 5.56 Å². The third-order valence-corrected chi connectivity index (χ3v) is 3.65. The van der Waals surface area contributed by atoms with E-state index in [1.54, 1.807) is 6.92 Å². The maximum atomic E-state index is 11.7. The number of rotatable bonds is 4. The van der Waals surface area contributed by atoms with E-state index in [4.69, 9.17) is 5.11 Å². The Hall–Kier alpha value is -1.84. The molecule has 0 radical (unpaired) electrons. The van der Waals surface area contributed by atoms with Crippen molar-refractivity contribution in [3.8, 4) is 11.8 Å². The summed E-state index contributed by atoms with van der Waals surface area (Å²) in [6.07, 6.45) is 2.07. The summed E-state index contributed by atoms with van der Waals surface area (Å²) in [6, 6.07) is 0. The molecule has 0 spiro atoms. The number of aromatic amines is 1. The summed E-state index contributed by atoms with van der Waals surface area (Å²) in [5.41, 5.74) is -1.28. The van der Waals surface area contributed by atoms with Crippen LogP contribution in [0, 0.1) is 23.2 Å². The number of hydrogen-bond acceptors (Lipinski definition) is 4. The molecule has 6 heteroatoms. The molecule has 1 saturated carbocycles. The van der Waals surface area contributed by atoms with E-state index >= 15 is 0 Å². The summed E-state index contributed by atoms with van der Waals surface area (Å²) < 4.78 is 1.34. The molecule has 0 aliphatic heterocycles. The minimum Gasteiger partial charge on any atom is -0.396 e. The molecule has 1 heterocycles. The summed E-state index contributed by atoms with van der Waals surface area (Å²) in [4.78, 5) is 25.4. The topological polar surface area (TPSA) is 95.3 Å². The van der Waals surface area contributed by atoms with Crippen molar-refractivity contribution >= 4 is 0 Å². The van der Waals surface area contributed by atoms with Crippen LogP contribution in [-0.4, -0.2) is 33.0 Å². The van der Waals surface area contributed by atoms with E-state index in [2.05, 4.69) is 16.8 Å². The molecular weight excluding hydrogens is 248 g/mol. The smallest absolute Gasteiger partial charge is 0.328 e. The van der Waals surface area contributed by atoms with Crippen LogP contribution in [0.5, 0.6) is 0 Å². The van der Waals surface area contributed by atoms with Gasteiger partial charge in [-0.05, 0) is 19.3 Å². The molecule has 1 aromatic heterocycles. The average molecular weight is 264 g/mol. The number of nitrogens with zero attached hydrogens (tertiary/aromatic N) is 1. The minimum absolute atomic E-state index is 0.00274. The lowest BCUT2D eigenvalue weighted by atomic mass is 10.1. The van der Waals surface area contributed by atoms with Gasteiger partial charge in [0.2, 0.25) is 0 Å². The Kier molecular flexibility index (Phi) is 3.60. The lowest BCUT2D eigenvalue weighted by Crippen LogP contribution is -2.34. The van der Waals surface area contributed by atoms with Gasteiger partial charge in [-0.25, -0.2) is 4.79 Å². The third-order valence-electron chi connectivity index (χ3n) is 3.65. The molecule has 1 aliphatic carbocycles. The van der Waals surface area contributed by atoms with E-state index in [9.17, 15) is 14.7 Å². The Morgan fingerprint density at radius 2 is 2.26 bits per heavy atom. The maximum Gasteiger partial charge on any atom is 0.328 e. The minimum atomic E-state index is -0.525. The average Bonchev–Trinajstić information content (AvgIpc) is 3.09. The van der Waals surface area contributed by atoms with E-state index in [1.165, 1.54) is 10.8 Å². The molecule has 1 aromatic rings. The molecule has 1 aliphatic rings. The number of H-pyrrole nitrogens is 1. The van der Waals surface area contributed by atoms with Gasteiger partial charge in [-0.15, -0.1) is 5.92 Å². The van der Waals surface area contributed by atoms with E-state index < -0.39 is 16.7 Å². The standard InChI is InChI=1S/C13H16N2O4/c1-2-3-9-5-15(12(19)14-11(9)18)7-13(8-17)4-10(13)6-16/h5,10,16-17H,4,6-8H2,1H3,(H,14,18,19)/t10-,13-/m0/s1. The zero-order valence-electron chi connectivity index (χ0n) is 10.6. The third kappa shape index (κ3) is 2.48. The first-order chi connectivity index (χ1) is 9.06. The number of aliphatic hydroxyl groups excluding tert-OH is 2. The van der Waals surface area contributed by atoms with Crippen molar-refractivity contribution in [2.24, 2.45) is 11.3 Å². The van der Waals surface area contributed by atoms with Crippen LogP contribution in [-0.2, 0) is 6.54 Å². The normalized spacial score (nSPS) is 24.7. The van der Waals surface area contributed by atoms with Crippen LogP contribution in [0.3, 0.4) is 0 Å². The zero-order chi connectivity index (χ0) is 14.0. The van der Waals surface area contributed by atoms with E-state index in [0.29, 0.717) is 6.42 Å². The van der Waals surface area contributed by atoms with Gasteiger partial charge in [-0.2, -0.15) is 0 Å². The second-order valence-corrected chi connectivity index (χ2v) is 4.91. The van der Waals surface area contributed by atoms with Gasteiger partial charge in [0.15, 0.2) is 0 Å². The van der Waals surface area contributed by atoms with Crippen molar-refractivity contribution in [2.75, 3.05) is 13.2 Å². The van der Waals surface area contributed by atoms with Crippen LogP contribution in [0.1, 0.15) is 18.9 Å². The SMILES string of the molecule is CC#Cc1cn(C[C@]2(CO)C[C@H]2CO)c(=O)[nH]c1=O. The molecule has 0 aromatic carbocycles. The van der Waals surface area contributed by atoms with Crippen LogP contribution < -0.4 is 11.2 Å². The van der Waals surface area contributed by atoms with Crippen molar-refractivity contribution in [2.45, 2.75) is 19.9 Å². The predicted molar refractivity (Wildman–Crippen MR) is 68.6 cm³/mol. The quantitative estimate of drug-likeness (QED) is 0.601. The van der Waals surface area contributed by atoms with Gasteiger partial charge in [0.05, 0.1) is 6.61 Å². The molecule has 102 valence electrons. The largest absolute Gasteiger partial charge is 0.396 e. The summed E-state index contributed by atoms with van der Waals surface area (Å²) in [5, 5.41) is 18.5. The molecular formula is C13H16N2O4. The molecule has 2 rings (SSSR count). The van der Waals surface area contributed by atoms with Gasteiger partial charge >= 0.3 is 5.69 Å². The molecule has 0 amide bonds. The van der Waals surface area contributed by atoms with Crippen LogP contribution >= 0.6 is 0 Å². The van der Waals surface area contributed by atoms with Crippen molar-refractivity contribution in [1.29, 1.82) is 0 Å². The highest BCUT2D eigenvalue weighted by atomic mass is 16.3. The Balaban J connectivity index is 2.35. The number of hydrogen-bond donors (Lipinski definition) is 3. The lowest BCUT2D eigenvalue weighted by Gasteiger charge is -2.15. The zero-order valence-corrected chi connectivity index (χ0v) is 10.6. The summed E-state index contributed by atoms with van der Waals surface area (Å²) in [5.74, 6) is 5.23. The molecule has 0 unspecified atom stereocenters. The van der Waals surface area contributed by atoms with Crippen molar-refractivity contribution in [3.05, 3.63) is 32.6 Å². The number of aliphatic hydroxyl groups is 2. The summed E-state index contributed by atoms with van der Waals surface area (Å²) in [7, 11) is 0. The molecule has 2 atom stereocenters. The van der Waals surface area contributed by atoms with Gasteiger partial charge in [0.1, 0.15) is 5.56 Å². The Bertz CT molecular complexity index is 649. The molecule has 6 nitrogen and oxygen atoms in total. The van der Waals surface area contributed by atoms with Crippen LogP contribution in [0.2, 0.25) is 0 Å². The second kappa shape index (κ2) is 5.03. The lowest BCUT2D eigenvalue weighted by molar-refractivity contribution is 0.156. The van der Waals surface area contributed by atoms with Crippen LogP contribution in [0.25, 0.3) is 0 Å². The fourth-order valence-electron chi connectivity index (χ4n) is 2.32. The Morgan fingerprint density at radius 1 is 1.53 bits per heavy atom. The molecule has 0 bridgehead atoms. The summed E-state index contributed by atoms with van der Waals surface area (Å²) in [6.45, 7) is 1.76. The molecule has 19 heavy (non-hydrogen) atoms. The molecule has 1 fully saturated rings. The van der Waals surface area contributed by atoms with Crippen molar-refractivity contribution in [3.63, 3.8) is 0 Å². The van der Waals surface area contributed by atoms with Crippen LogP contribution in [0.15, 0.2) is 15.8 Å². The first kappa shape index (κ1) is 13.6. The van der Waals surface area contributed by atoms with Gasteiger partial charge in [0, 0.05) is 24.8 Å². The van der Waals surface area contributed by atoms with E-state index in [0.717, 1.165) is 0 Å². The predicted octanol–water partition coefficient (Wildman–Crippen LogP) is -1.10. The Morgan fingerprint density at radius 3 is 2.79 bits per heavy atom.